The van der Waals surface area contributed by atoms with Crippen molar-refractivity contribution in [1.82, 2.24) is 9.80 Å². The van der Waals surface area contributed by atoms with E-state index < -0.39 is 95.8 Å². The Labute approximate surface area is 305 Å². The molecule has 3 aliphatic heterocycles. The molecule has 0 aromatic heterocycles. The zero-order chi connectivity index (χ0) is 38.8. The molecule has 0 saturated carbocycles. The molecule has 3 aliphatic rings. The highest BCUT2D eigenvalue weighted by Crippen LogP contribution is 2.39. The van der Waals surface area contributed by atoms with Gasteiger partial charge in [0.05, 0.1) is 47.6 Å². The van der Waals surface area contributed by atoms with E-state index in [1.807, 2.05) is 51.7 Å². The number of nitrogens with zero attached hydrogens (tertiary/aromatic N) is 2. The maximum Gasteiger partial charge on any atom is 0.311 e. The van der Waals surface area contributed by atoms with Crippen LogP contribution in [0.2, 0.25) is 0 Å². The molecule has 51 heavy (non-hydrogen) atoms. The molecule has 0 radical (unpaired) electrons. The summed E-state index contributed by atoms with van der Waals surface area (Å²) in [6.45, 7) is 16.4. The summed E-state index contributed by atoms with van der Waals surface area (Å²) >= 11 is 0. The van der Waals surface area contributed by atoms with Crippen molar-refractivity contribution in [3.63, 3.8) is 0 Å². The van der Waals surface area contributed by atoms with Gasteiger partial charge in [0.1, 0.15) is 23.9 Å². The first-order chi connectivity index (χ1) is 23.5. The van der Waals surface area contributed by atoms with Gasteiger partial charge in [0.2, 0.25) is 0 Å². The second kappa shape index (κ2) is 17.6. The van der Waals surface area contributed by atoms with E-state index in [0.29, 0.717) is 19.5 Å². The first kappa shape index (κ1) is 44.4. The zero-order valence-corrected chi connectivity index (χ0v) is 33.3. The third kappa shape index (κ3) is 10.2. The van der Waals surface area contributed by atoms with Crippen molar-refractivity contribution < 1.29 is 58.7 Å². The summed E-state index contributed by atoms with van der Waals surface area (Å²) in [6, 6.07) is -0.268. The van der Waals surface area contributed by atoms with E-state index in [0.717, 1.165) is 0 Å². The first-order valence-corrected chi connectivity index (χ1v) is 18.7. The number of aliphatic hydroxyl groups excluding tert-OH is 3. The minimum atomic E-state index is -1.77. The van der Waals surface area contributed by atoms with Gasteiger partial charge in [0.25, 0.3) is 0 Å². The molecule has 300 valence electrons. The molecule has 5 N–H and O–H groups in total. The lowest BCUT2D eigenvalue weighted by molar-refractivity contribution is -0.317. The van der Waals surface area contributed by atoms with Crippen LogP contribution < -0.4 is 0 Å². The van der Waals surface area contributed by atoms with Crippen LogP contribution >= 0.6 is 0 Å². The van der Waals surface area contributed by atoms with Crippen molar-refractivity contribution in [2.75, 3.05) is 41.3 Å². The second-order valence-corrected chi connectivity index (χ2v) is 16.7. The van der Waals surface area contributed by atoms with Crippen LogP contribution in [0.5, 0.6) is 0 Å². The van der Waals surface area contributed by atoms with Crippen molar-refractivity contribution in [2.24, 2.45) is 17.8 Å². The summed E-state index contributed by atoms with van der Waals surface area (Å²) in [7, 11) is 7.14. The van der Waals surface area contributed by atoms with Gasteiger partial charge in [-0.2, -0.15) is 0 Å². The smallest absolute Gasteiger partial charge is 0.311 e. The number of ether oxygens (including phenoxy) is 6. The molecule has 0 aliphatic carbocycles. The van der Waals surface area contributed by atoms with E-state index in [2.05, 4.69) is 0 Å². The van der Waals surface area contributed by atoms with Gasteiger partial charge in [0.15, 0.2) is 12.6 Å². The standard InChI is InChI=1S/C37H70N2O12/c1-14-26-37(9,45)30(41)20(2)19-39(12)16-15-35(7,44)32(51-34-28(40)25(38(10)11)17-21(3)47-34)22(4)29(23(5)33(43)49-26)50-27-18-36(8,46-13)31(42)24(6)48-27/h20-32,34,40-42,44-45H,14-19H2,1-13H3/t20-,21-,22-,23-,24+,25+,26+,27-,28-,29-,30?,31+,32-,34+,35+,36-,37-/m1/s1. The molecule has 3 heterocycles. The number of cyclic esters (lactones) is 1. The van der Waals surface area contributed by atoms with Gasteiger partial charge in [-0.15, -0.1) is 0 Å². The van der Waals surface area contributed by atoms with Crippen LogP contribution in [-0.4, -0.2) is 167 Å². The Kier molecular flexibility index (Phi) is 15.3. The largest absolute Gasteiger partial charge is 0.459 e. The van der Waals surface area contributed by atoms with Gasteiger partial charge < -0.3 is 63.8 Å². The topological polar surface area (TPSA) is 180 Å². The number of hydrogen-bond acceptors (Lipinski definition) is 14. The minimum Gasteiger partial charge on any atom is -0.459 e. The van der Waals surface area contributed by atoms with Crippen LogP contribution in [-0.2, 0) is 33.2 Å². The van der Waals surface area contributed by atoms with E-state index in [4.69, 9.17) is 28.4 Å². The van der Waals surface area contributed by atoms with Gasteiger partial charge >= 0.3 is 5.97 Å². The summed E-state index contributed by atoms with van der Waals surface area (Å²) < 4.78 is 37.4. The van der Waals surface area contributed by atoms with E-state index in [1.165, 1.54) is 14.0 Å². The monoisotopic (exact) mass is 734 g/mol. The molecule has 0 aromatic rings. The molecule has 3 fully saturated rings. The SMILES string of the molecule is CC[C@@H]1OC(=O)[C@H](C)[C@H](O[C@@H]2C[C@@](C)(OC)[C@@H](O)[C@H](C)O2)[C@@H](C)[C@@H](O[C@@H]2O[C@H](C)C[C@H](N(C)C)[C@H]2O)[C@@](C)(O)CCN(C)C[C@@H](C)C(O)[C@]1(C)O. The lowest BCUT2D eigenvalue weighted by Crippen LogP contribution is -2.60. The molecular weight excluding hydrogens is 664 g/mol. The van der Waals surface area contributed by atoms with E-state index in [-0.39, 0.29) is 31.4 Å². The lowest BCUT2D eigenvalue weighted by atomic mass is 9.79. The number of esters is 1. The Hall–Kier alpha value is -1.01. The average Bonchev–Trinajstić information content (AvgIpc) is 3.05. The van der Waals surface area contributed by atoms with E-state index in [1.54, 1.807) is 34.6 Å². The van der Waals surface area contributed by atoms with Crippen LogP contribution in [0.3, 0.4) is 0 Å². The number of rotatable bonds is 7. The lowest BCUT2D eigenvalue weighted by Gasteiger charge is -2.48. The fraction of sp³-hybridized carbons (Fsp3) is 0.973. The predicted molar refractivity (Wildman–Crippen MR) is 190 cm³/mol. The molecule has 0 bridgehead atoms. The summed E-state index contributed by atoms with van der Waals surface area (Å²) in [5.74, 6) is -2.84. The Morgan fingerprint density at radius 1 is 0.980 bits per heavy atom. The second-order valence-electron chi connectivity index (χ2n) is 16.7. The molecule has 3 rings (SSSR count). The Morgan fingerprint density at radius 2 is 1.61 bits per heavy atom. The third-order valence-corrected chi connectivity index (χ3v) is 11.8. The van der Waals surface area contributed by atoms with E-state index >= 15 is 0 Å². The van der Waals surface area contributed by atoms with Crippen molar-refractivity contribution in [3.8, 4) is 0 Å². The van der Waals surface area contributed by atoms with Gasteiger partial charge in [-0.05, 0) is 87.9 Å². The normalized spacial score (nSPS) is 48.9. The molecule has 0 amide bonds. The van der Waals surface area contributed by atoms with Crippen LogP contribution in [0.4, 0.5) is 0 Å². The molecular formula is C37H70N2O12. The number of aliphatic hydroxyl groups is 5. The van der Waals surface area contributed by atoms with Gasteiger partial charge in [0, 0.05) is 38.6 Å². The fourth-order valence-electron chi connectivity index (χ4n) is 8.28. The highest BCUT2D eigenvalue weighted by molar-refractivity contribution is 5.73. The zero-order valence-electron chi connectivity index (χ0n) is 33.3. The molecule has 0 aromatic carbocycles. The molecule has 0 spiro atoms. The number of carbonyl (C=O) groups excluding carboxylic acids is 1. The fourth-order valence-corrected chi connectivity index (χ4v) is 8.28. The summed E-state index contributed by atoms with van der Waals surface area (Å²) in [6.07, 6.45) is -8.10. The van der Waals surface area contributed by atoms with Crippen molar-refractivity contribution in [1.29, 1.82) is 0 Å². The van der Waals surface area contributed by atoms with Crippen LogP contribution in [0.1, 0.15) is 88.0 Å². The Bertz CT molecular complexity index is 1110. The molecule has 14 nitrogen and oxygen atoms in total. The van der Waals surface area contributed by atoms with Crippen LogP contribution in [0.25, 0.3) is 0 Å². The average molecular weight is 735 g/mol. The number of methoxy groups -OCH3 is 1. The predicted octanol–water partition coefficient (Wildman–Crippen LogP) is 1.51. The number of likely N-dealkylation sites (N-methyl/N-ethyl adjacent to an activating group) is 1. The molecule has 1 unspecified atom stereocenters. The molecule has 17 atom stereocenters. The minimum absolute atomic E-state index is 0.134. The van der Waals surface area contributed by atoms with Crippen molar-refractivity contribution in [2.45, 2.75) is 172 Å². The number of hydrogen-bond donors (Lipinski definition) is 5. The first-order valence-electron chi connectivity index (χ1n) is 18.7. The summed E-state index contributed by atoms with van der Waals surface area (Å²) in [4.78, 5) is 18.0. The quantitative estimate of drug-likeness (QED) is 0.238. The van der Waals surface area contributed by atoms with Crippen molar-refractivity contribution in [3.05, 3.63) is 0 Å². The van der Waals surface area contributed by atoms with Gasteiger partial charge in [-0.1, -0.05) is 20.8 Å². The summed E-state index contributed by atoms with van der Waals surface area (Å²) in [5, 5.41) is 57.7. The maximum atomic E-state index is 14.1. The Morgan fingerprint density at radius 3 is 2.18 bits per heavy atom. The molecule has 3 saturated heterocycles. The molecule has 14 heteroatoms. The van der Waals surface area contributed by atoms with Crippen molar-refractivity contribution >= 4 is 5.97 Å². The maximum absolute atomic E-state index is 14.1. The highest BCUT2D eigenvalue weighted by Gasteiger charge is 2.52. The summed E-state index contributed by atoms with van der Waals surface area (Å²) in [5.41, 5.74) is -4.33. The van der Waals surface area contributed by atoms with Gasteiger partial charge in [-0.25, -0.2) is 0 Å². The highest BCUT2D eigenvalue weighted by atomic mass is 16.7. The van der Waals surface area contributed by atoms with E-state index in [9.17, 15) is 30.3 Å². The third-order valence-electron chi connectivity index (χ3n) is 11.8. The van der Waals surface area contributed by atoms with Gasteiger partial charge in [-0.3, -0.25) is 4.79 Å². The van der Waals surface area contributed by atoms with Crippen LogP contribution in [0.15, 0.2) is 0 Å². The van der Waals surface area contributed by atoms with Crippen LogP contribution in [0, 0.1) is 17.8 Å². The number of carbonyl (C=O) groups is 1. The Balaban J connectivity index is 2.14.